The molecule has 3 fully saturated rings. The van der Waals surface area contributed by atoms with Crippen molar-refractivity contribution >= 4 is 30.0 Å². The summed E-state index contributed by atoms with van der Waals surface area (Å²) in [6.07, 6.45) is 9.28. The Morgan fingerprint density at radius 1 is 1.30 bits per heavy atom. The first-order chi connectivity index (χ1) is 13.0. The van der Waals surface area contributed by atoms with Crippen LogP contribution in [0.1, 0.15) is 57.8 Å². The van der Waals surface area contributed by atoms with Crippen molar-refractivity contribution < 1.29 is 19.8 Å². The number of likely N-dealkylation sites (N-methyl/N-ethyl adjacent to an activating group) is 1. The third kappa shape index (κ3) is 4.96. The van der Waals surface area contributed by atoms with Crippen LogP contribution in [-0.2, 0) is 4.79 Å². The van der Waals surface area contributed by atoms with Crippen LogP contribution in [0.3, 0.4) is 0 Å². The molecule has 2 N–H and O–H groups in total. The van der Waals surface area contributed by atoms with Crippen molar-refractivity contribution in [2.75, 3.05) is 12.8 Å². The zero-order valence-electron chi connectivity index (χ0n) is 16.0. The maximum atomic E-state index is 12.5. The molecule has 0 aromatic rings. The van der Waals surface area contributed by atoms with Crippen LogP contribution in [-0.4, -0.2) is 74.6 Å². The Morgan fingerprint density at radius 2 is 2.00 bits per heavy atom. The van der Waals surface area contributed by atoms with Crippen molar-refractivity contribution in [2.45, 2.75) is 81.2 Å². The molecule has 7 nitrogen and oxygen atoms in total. The van der Waals surface area contributed by atoms with E-state index < -0.39 is 12.1 Å². The fraction of sp³-hybridized carbons (Fsp3) is 0.842. The smallest absolute Gasteiger partial charge is 0.340 e. The average molecular weight is 398 g/mol. The van der Waals surface area contributed by atoms with Crippen LogP contribution in [0.2, 0.25) is 0 Å². The van der Waals surface area contributed by atoms with Gasteiger partial charge in [-0.1, -0.05) is 19.3 Å². The largest absolute Gasteiger partial charge is 0.481 e. The maximum Gasteiger partial charge on any atom is 0.340 e. The molecule has 0 spiro atoms. The van der Waals surface area contributed by atoms with E-state index in [9.17, 15) is 14.7 Å². The van der Waals surface area contributed by atoms with Gasteiger partial charge >= 0.3 is 12.0 Å². The van der Waals surface area contributed by atoms with Gasteiger partial charge in [0.1, 0.15) is 0 Å². The molecule has 1 aliphatic heterocycles. The summed E-state index contributed by atoms with van der Waals surface area (Å²) in [6, 6.07) is 0.110. The van der Waals surface area contributed by atoms with Crippen molar-refractivity contribution in [2.24, 2.45) is 11.0 Å². The van der Waals surface area contributed by atoms with Crippen LogP contribution in [0, 0.1) is 5.92 Å². The summed E-state index contributed by atoms with van der Waals surface area (Å²) in [5.74, 6) is 0.341. The number of aliphatic hydroxyl groups is 1. The zero-order chi connectivity index (χ0) is 19.4. The van der Waals surface area contributed by atoms with Crippen molar-refractivity contribution in [3.8, 4) is 0 Å². The summed E-state index contributed by atoms with van der Waals surface area (Å²) >= 11 is 1.81. The molecular weight excluding hydrogens is 366 g/mol. The van der Waals surface area contributed by atoms with Crippen LogP contribution in [0.4, 0.5) is 4.79 Å². The highest BCUT2D eigenvalue weighted by atomic mass is 32.2. The van der Waals surface area contributed by atoms with E-state index >= 15 is 0 Å². The standard InChI is InChI=1S/C19H31N3O4S/c1-21-15-10-14(27-9-5-8-18(24)25)11-16(15)22(19(21)26)20-12-17(23)13-6-3-2-4-7-13/h12-17,23H,2-11H2,1H3,(H,24,25). The van der Waals surface area contributed by atoms with Gasteiger partial charge in [-0.15, -0.1) is 0 Å². The molecule has 3 rings (SSSR count). The molecule has 0 aromatic heterocycles. The highest BCUT2D eigenvalue weighted by Gasteiger charge is 2.50. The molecule has 1 heterocycles. The lowest BCUT2D eigenvalue weighted by Crippen LogP contribution is -2.32. The van der Waals surface area contributed by atoms with Gasteiger partial charge in [-0.2, -0.15) is 16.9 Å². The Balaban J connectivity index is 1.53. The van der Waals surface area contributed by atoms with Crippen LogP contribution >= 0.6 is 11.8 Å². The molecule has 152 valence electrons. The number of carboxylic acid groups (broad SMARTS) is 1. The van der Waals surface area contributed by atoms with Crippen LogP contribution in [0.5, 0.6) is 0 Å². The Bertz CT molecular complexity index is 567. The number of aliphatic carboxylic acids is 1. The number of amides is 2. The normalized spacial score (nSPS) is 30.3. The summed E-state index contributed by atoms with van der Waals surface area (Å²) < 4.78 is 0. The third-order valence-corrected chi connectivity index (χ3v) is 7.51. The summed E-state index contributed by atoms with van der Waals surface area (Å²) in [6.45, 7) is 0. The third-order valence-electron chi connectivity index (χ3n) is 6.13. The van der Waals surface area contributed by atoms with Gasteiger partial charge in [0.05, 0.1) is 24.4 Å². The summed E-state index contributed by atoms with van der Waals surface area (Å²) in [5.41, 5.74) is 0. The molecule has 2 aliphatic carbocycles. The van der Waals surface area contributed by atoms with Crippen LogP contribution in [0.15, 0.2) is 5.10 Å². The van der Waals surface area contributed by atoms with Gasteiger partial charge in [0.15, 0.2) is 0 Å². The van der Waals surface area contributed by atoms with Crippen LogP contribution in [0.25, 0.3) is 0 Å². The molecule has 1 saturated heterocycles. The number of thioether (sulfide) groups is 1. The van der Waals surface area contributed by atoms with E-state index in [0.717, 1.165) is 44.3 Å². The molecule has 27 heavy (non-hydrogen) atoms. The van der Waals surface area contributed by atoms with Crippen molar-refractivity contribution in [1.82, 2.24) is 9.91 Å². The van der Waals surface area contributed by atoms with Gasteiger partial charge in [-0.3, -0.25) is 4.79 Å². The summed E-state index contributed by atoms with van der Waals surface area (Å²) in [4.78, 5) is 24.9. The van der Waals surface area contributed by atoms with Crippen molar-refractivity contribution in [1.29, 1.82) is 0 Å². The number of fused-ring (bicyclic) bond motifs is 1. The first-order valence-corrected chi connectivity index (χ1v) is 11.1. The number of carbonyl (C=O) groups is 2. The Morgan fingerprint density at radius 3 is 2.70 bits per heavy atom. The van der Waals surface area contributed by atoms with E-state index in [0.29, 0.717) is 11.7 Å². The lowest BCUT2D eigenvalue weighted by Gasteiger charge is -2.25. The lowest BCUT2D eigenvalue weighted by molar-refractivity contribution is -0.137. The van der Waals surface area contributed by atoms with Gasteiger partial charge in [0.25, 0.3) is 0 Å². The molecule has 4 unspecified atom stereocenters. The predicted octanol–water partition coefficient (Wildman–Crippen LogP) is 2.78. The quantitative estimate of drug-likeness (QED) is 0.485. The van der Waals surface area contributed by atoms with Crippen molar-refractivity contribution in [3.63, 3.8) is 0 Å². The van der Waals surface area contributed by atoms with Gasteiger partial charge < -0.3 is 15.1 Å². The maximum absolute atomic E-state index is 12.5. The first-order valence-electron chi connectivity index (χ1n) is 10.1. The molecule has 3 aliphatic rings. The highest BCUT2D eigenvalue weighted by Crippen LogP contribution is 2.40. The number of aliphatic hydroxyl groups excluding tert-OH is 1. The zero-order valence-corrected chi connectivity index (χ0v) is 16.8. The van der Waals surface area contributed by atoms with E-state index in [1.807, 2.05) is 7.05 Å². The first kappa shape index (κ1) is 20.5. The van der Waals surface area contributed by atoms with Gasteiger partial charge in [-0.05, 0) is 43.8 Å². The fourth-order valence-corrected chi connectivity index (χ4v) is 5.87. The number of carbonyl (C=O) groups excluding carboxylic acids is 1. The monoisotopic (exact) mass is 397 g/mol. The second-order valence-corrected chi connectivity index (χ2v) is 9.40. The molecule has 4 atom stereocenters. The lowest BCUT2D eigenvalue weighted by atomic mass is 9.86. The van der Waals surface area contributed by atoms with E-state index in [1.54, 1.807) is 27.9 Å². The predicted molar refractivity (Wildman–Crippen MR) is 106 cm³/mol. The Hall–Kier alpha value is -1.28. The number of urea groups is 1. The van der Waals surface area contributed by atoms with Crippen molar-refractivity contribution in [3.05, 3.63) is 0 Å². The number of carboxylic acids is 1. The van der Waals surface area contributed by atoms with E-state index in [4.69, 9.17) is 5.11 Å². The van der Waals surface area contributed by atoms with Gasteiger partial charge in [0, 0.05) is 18.7 Å². The molecular formula is C19H31N3O4S. The van der Waals surface area contributed by atoms with Gasteiger partial charge in [0.2, 0.25) is 0 Å². The van der Waals surface area contributed by atoms with E-state index in [-0.39, 0.29) is 30.5 Å². The minimum Gasteiger partial charge on any atom is -0.481 e. The number of hydrogen-bond donors (Lipinski definition) is 2. The molecule has 0 radical (unpaired) electrons. The number of nitrogens with zero attached hydrogens (tertiary/aromatic N) is 3. The second kappa shape index (κ2) is 9.28. The Kier molecular flexibility index (Phi) is 7.03. The van der Waals surface area contributed by atoms with E-state index in [2.05, 4.69) is 5.10 Å². The number of hydrogen-bond acceptors (Lipinski definition) is 5. The molecule has 0 aromatic carbocycles. The van der Waals surface area contributed by atoms with E-state index in [1.165, 1.54) is 6.42 Å². The summed E-state index contributed by atoms with van der Waals surface area (Å²) in [5, 5.41) is 25.5. The topological polar surface area (TPSA) is 93.4 Å². The molecule has 2 amide bonds. The highest BCUT2D eigenvalue weighted by molar-refractivity contribution is 7.99. The molecule has 0 bridgehead atoms. The molecule has 8 heteroatoms. The Labute approximate surface area is 165 Å². The van der Waals surface area contributed by atoms with Crippen LogP contribution < -0.4 is 0 Å². The van der Waals surface area contributed by atoms with Gasteiger partial charge in [-0.25, -0.2) is 9.80 Å². The summed E-state index contributed by atoms with van der Waals surface area (Å²) in [7, 11) is 1.82. The number of hydrazone groups is 1. The average Bonchev–Trinajstić information content (AvgIpc) is 3.17. The second-order valence-electron chi connectivity index (χ2n) is 7.99. The SMILES string of the molecule is CN1C(=O)N(N=CC(O)C2CCCCC2)C2CC(SCCCC(=O)O)CC21. The fourth-order valence-electron chi connectivity index (χ4n) is 4.56. The molecule has 2 saturated carbocycles. The minimum absolute atomic E-state index is 0.0503. The minimum atomic E-state index is -0.749. The number of rotatable bonds is 8.